The summed E-state index contributed by atoms with van der Waals surface area (Å²) in [6.07, 6.45) is 4.76. The number of aliphatic hydroxyl groups excluding tert-OH is 1. The van der Waals surface area contributed by atoms with Crippen molar-refractivity contribution in [3.8, 4) is 0 Å². The molecule has 0 radical (unpaired) electrons. The predicted molar refractivity (Wildman–Crippen MR) is 142 cm³/mol. The fourth-order valence-electron chi connectivity index (χ4n) is 6.02. The number of carbonyl (C=O) groups excluding carboxylic acids is 3. The fourth-order valence-corrected chi connectivity index (χ4v) is 6.96. The molecule has 9 heteroatoms. The van der Waals surface area contributed by atoms with Crippen LogP contribution < -0.4 is 0 Å². The van der Waals surface area contributed by atoms with Gasteiger partial charge >= 0.3 is 5.97 Å². The maximum absolute atomic E-state index is 14.3. The summed E-state index contributed by atoms with van der Waals surface area (Å²) in [5.74, 6) is -2.57. The highest BCUT2D eigenvalue weighted by Gasteiger charge is 2.77. The number of hydrogen-bond donors (Lipinski definition) is 1. The molecule has 0 aliphatic carbocycles. The Balaban J connectivity index is 1.69. The second-order valence-corrected chi connectivity index (χ2v) is 11.0. The van der Waals surface area contributed by atoms with Crippen LogP contribution in [-0.4, -0.2) is 81.6 Å². The van der Waals surface area contributed by atoms with E-state index in [4.69, 9.17) is 9.47 Å². The van der Waals surface area contributed by atoms with Crippen molar-refractivity contribution in [2.45, 2.75) is 54.8 Å². The Hall–Kier alpha value is -2.49. The van der Waals surface area contributed by atoms with E-state index in [1.807, 2.05) is 30.3 Å². The molecular weight excluding hydrogens is 540 g/mol. The van der Waals surface area contributed by atoms with E-state index in [2.05, 4.69) is 29.1 Å². The van der Waals surface area contributed by atoms with Crippen molar-refractivity contribution in [3.63, 3.8) is 0 Å². The molecule has 3 aliphatic heterocycles. The average molecular weight is 576 g/mol. The number of unbranched alkanes of at least 4 members (excludes halogenated alkanes) is 1. The Morgan fingerprint density at radius 3 is 2.68 bits per heavy atom. The van der Waals surface area contributed by atoms with Crippen LogP contribution in [0.4, 0.5) is 0 Å². The SMILES string of the molecule is C=CCCOC(=O)[C@H]1[C@@H]2OC3(CC2Br)C(C(=O)N(CC=C)Cc2ccccc2)N(CCCCO)C(=O)[C@H]13. The van der Waals surface area contributed by atoms with Crippen LogP contribution in [0.3, 0.4) is 0 Å². The summed E-state index contributed by atoms with van der Waals surface area (Å²) >= 11 is 3.67. The molecule has 3 fully saturated rings. The molecule has 3 aliphatic rings. The van der Waals surface area contributed by atoms with Crippen molar-refractivity contribution >= 4 is 33.7 Å². The summed E-state index contributed by atoms with van der Waals surface area (Å²) in [4.78, 5) is 44.4. The predicted octanol–water partition coefficient (Wildman–Crippen LogP) is 2.84. The van der Waals surface area contributed by atoms with Crippen LogP contribution in [0, 0.1) is 11.8 Å². The number of carbonyl (C=O) groups is 3. The Labute approximate surface area is 226 Å². The topological polar surface area (TPSA) is 96.4 Å². The molecule has 3 unspecified atom stereocenters. The molecule has 2 amide bonds. The van der Waals surface area contributed by atoms with Crippen molar-refractivity contribution in [1.29, 1.82) is 0 Å². The molecule has 6 atom stereocenters. The third kappa shape index (κ3) is 5.13. The van der Waals surface area contributed by atoms with Gasteiger partial charge in [-0.2, -0.15) is 0 Å². The van der Waals surface area contributed by atoms with Crippen LogP contribution in [0.15, 0.2) is 55.6 Å². The first-order valence-corrected chi connectivity index (χ1v) is 13.8. The largest absolute Gasteiger partial charge is 0.465 e. The van der Waals surface area contributed by atoms with Gasteiger partial charge in [-0.1, -0.05) is 58.4 Å². The zero-order valence-electron chi connectivity index (χ0n) is 21.0. The summed E-state index contributed by atoms with van der Waals surface area (Å²) < 4.78 is 12.0. The number of halogens is 1. The molecule has 2 bridgehead atoms. The lowest BCUT2D eigenvalue weighted by molar-refractivity contribution is -0.155. The third-order valence-electron chi connectivity index (χ3n) is 7.55. The molecule has 200 valence electrons. The van der Waals surface area contributed by atoms with E-state index in [-0.39, 0.29) is 29.9 Å². The van der Waals surface area contributed by atoms with Gasteiger partial charge in [-0.3, -0.25) is 14.4 Å². The smallest absolute Gasteiger partial charge is 0.312 e. The molecule has 8 nitrogen and oxygen atoms in total. The summed E-state index contributed by atoms with van der Waals surface area (Å²) in [6.45, 7) is 8.61. The molecule has 0 saturated carbocycles. The monoisotopic (exact) mass is 574 g/mol. The van der Waals surface area contributed by atoms with Gasteiger partial charge in [-0.15, -0.1) is 13.2 Å². The van der Waals surface area contributed by atoms with Gasteiger partial charge in [-0.05, 0) is 31.2 Å². The van der Waals surface area contributed by atoms with Gasteiger partial charge in [0, 0.05) is 31.1 Å². The van der Waals surface area contributed by atoms with E-state index in [1.54, 1.807) is 22.0 Å². The van der Waals surface area contributed by atoms with Gasteiger partial charge in [0.1, 0.15) is 11.6 Å². The Morgan fingerprint density at radius 1 is 1.24 bits per heavy atom. The fraction of sp³-hybridized carbons (Fsp3) is 0.536. The number of likely N-dealkylation sites (tertiary alicyclic amines) is 1. The minimum Gasteiger partial charge on any atom is -0.465 e. The van der Waals surface area contributed by atoms with E-state index in [9.17, 15) is 19.5 Å². The number of fused-ring (bicyclic) bond motifs is 1. The number of amides is 2. The van der Waals surface area contributed by atoms with E-state index >= 15 is 0 Å². The average Bonchev–Trinajstić information content (AvgIpc) is 3.48. The molecule has 3 heterocycles. The maximum atomic E-state index is 14.3. The standard InChI is InChI=1S/C28H35BrN2O6/c1-3-5-16-36-27(35)21-22-25(33)31(14-9-10-15-32)24(28(22)17-20(29)23(21)37-28)26(34)30(13-4-2)18-19-11-7-6-8-12-19/h3-4,6-8,11-12,20-24,32H,1-2,5,9-10,13-18H2/t20?,21-,22+,23-,24?,28?/m1/s1. The molecule has 3 saturated heterocycles. The van der Waals surface area contributed by atoms with Crippen molar-refractivity contribution in [2.24, 2.45) is 11.8 Å². The van der Waals surface area contributed by atoms with Crippen molar-refractivity contribution in [2.75, 3.05) is 26.3 Å². The lowest BCUT2D eigenvalue weighted by Gasteiger charge is -2.37. The Morgan fingerprint density at radius 2 is 2.00 bits per heavy atom. The lowest BCUT2D eigenvalue weighted by atomic mass is 9.70. The van der Waals surface area contributed by atoms with Gasteiger partial charge < -0.3 is 24.4 Å². The highest BCUT2D eigenvalue weighted by molar-refractivity contribution is 9.09. The van der Waals surface area contributed by atoms with Crippen molar-refractivity contribution in [3.05, 3.63) is 61.2 Å². The number of ether oxygens (including phenoxy) is 2. The Kier molecular flexibility index (Phi) is 8.87. The molecule has 0 aromatic heterocycles. The first kappa shape index (κ1) is 27.5. The van der Waals surface area contributed by atoms with E-state index < -0.39 is 35.6 Å². The van der Waals surface area contributed by atoms with Crippen LogP contribution in [0.5, 0.6) is 0 Å². The first-order chi connectivity index (χ1) is 17.9. The highest BCUT2D eigenvalue weighted by Crippen LogP contribution is 2.60. The first-order valence-electron chi connectivity index (χ1n) is 12.8. The van der Waals surface area contributed by atoms with Crippen LogP contribution in [0.2, 0.25) is 0 Å². The number of rotatable bonds is 13. The second kappa shape index (κ2) is 11.9. The molecular formula is C28H35BrN2O6. The molecule has 1 aromatic carbocycles. The molecule has 4 rings (SSSR count). The van der Waals surface area contributed by atoms with Gasteiger partial charge in [0.05, 0.1) is 24.5 Å². The van der Waals surface area contributed by atoms with Crippen molar-refractivity contribution < 1.29 is 29.0 Å². The van der Waals surface area contributed by atoms with Crippen LogP contribution in [0.1, 0.15) is 31.2 Å². The third-order valence-corrected chi connectivity index (χ3v) is 8.39. The molecule has 1 spiro atoms. The van der Waals surface area contributed by atoms with Gasteiger partial charge in [0.15, 0.2) is 0 Å². The maximum Gasteiger partial charge on any atom is 0.312 e. The highest BCUT2D eigenvalue weighted by atomic mass is 79.9. The number of hydrogen-bond acceptors (Lipinski definition) is 6. The lowest BCUT2D eigenvalue weighted by Crippen LogP contribution is -2.56. The zero-order chi connectivity index (χ0) is 26.6. The van der Waals surface area contributed by atoms with E-state index in [1.165, 1.54) is 0 Å². The van der Waals surface area contributed by atoms with Gasteiger partial charge in [0.2, 0.25) is 11.8 Å². The van der Waals surface area contributed by atoms with Crippen LogP contribution in [0.25, 0.3) is 0 Å². The summed E-state index contributed by atoms with van der Waals surface area (Å²) in [6, 6.07) is 8.76. The number of nitrogens with zero attached hydrogens (tertiary/aromatic N) is 2. The summed E-state index contributed by atoms with van der Waals surface area (Å²) in [5.41, 5.74) is -0.175. The van der Waals surface area contributed by atoms with Gasteiger partial charge in [-0.25, -0.2) is 0 Å². The van der Waals surface area contributed by atoms with E-state index in [0.29, 0.717) is 45.3 Å². The number of esters is 1. The van der Waals surface area contributed by atoms with Crippen molar-refractivity contribution in [1.82, 2.24) is 9.80 Å². The number of alkyl halides is 1. The quantitative estimate of drug-likeness (QED) is 0.168. The molecule has 37 heavy (non-hydrogen) atoms. The molecule has 1 aromatic rings. The van der Waals surface area contributed by atoms with Crippen LogP contribution >= 0.6 is 15.9 Å². The summed E-state index contributed by atoms with van der Waals surface area (Å²) in [5, 5.41) is 9.33. The Bertz CT molecular complexity index is 1020. The van der Waals surface area contributed by atoms with Gasteiger partial charge in [0.25, 0.3) is 0 Å². The summed E-state index contributed by atoms with van der Waals surface area (Å²) in [7, 11) is 0. The number of aliphatic hydroxyl groups is 1. The zero-order valence-corrected chi connectivity index (χ0v) is 22.6. The van der Waals surface area contributed by atoms with E-state index in [0.717, 1.165) is 5.56 Å². The number of benzene rings is 1. The normalized spacial score (nSPS) is 29.7. The molecule has 1 N–H and O–H groups in total. The minimum absolute atomic E-state index is 0.00782. The minimum atomic E-state index is -1.13. The second-order valence-electron chi connectivity index (χ2n) is 9.86. The van der Waals surface area contributed by atoms with Crippen LogP contribution in [-0.2, 0) is 30.4 Å².